The highest BCUT2D eigenvalue weighted by Crippen LogP contribution is 2.24. The Labute approximate surface area is 144 Å². The predicted octanol–water partition coefficient (Wildman–Crippen LogP) is 3.07. The molecule has 0 heterocycles. The molecule has 1 N–H and O–H groups in total. The third kappa shape index (κ3) is 7.02. The molecule has 0 aromatic heterocycles. The van der Waals surface area contributed by atoms with E-state index in [0.717, 1.165) is 0 Å². The largest absolute Gasteiger partial charge is 0.482 e. The molecule has 0 aliphatic rings. The standard InChI is InChI=1S/C19H29NO4/c1-13(2)14(3)20-17(21)11-24-18(22)12-23-16-9-7-15(8-10-16)19(4,5)6/h7-10,13-14H,11-12H2,1-6H3,(H,20,21). The Morgan fingerprint density at radius 2 is 1.62 bits per heavy atom. The Morgan fingerprint density at radius 1 is 1.04 bits per heavy atom. The maximum absolute atomic E-state index is 11.6. The van der Waals surface area contributed by atoms with Gasteiger partial charge in [-0.05, 0) is 36.0 Å². The van der Waals surface area contributed by atoms with Crippen molar-refractivity contribution < 1.29 is 19.1 Å². The Balaban J connectivity index is 2.35. The smallest absolute Gasteiger partial charge is 0.344 e. The van der Waals surface area contributed by atoms with E-state index in [1.165, 1.54) is 5.56 Å². The fourth-order valence-corrected chi connectivity index (χ4v) is 1.84. The number of hydrogen-bond donors (Lipinski definition) is 1. The summed E-state index contributed by atoms with van der Waals surface area (Å²) in [7, 11) is 0. The molecule has 0 fully saturated rings. The molecule has 1 atom stereocenters. The molecular formula is C19H29NO4. The zero-order chi connectivity index (χ0) is 18.3. The van der Waals surface area contributed by atoms with Crippen LogP contribution in [0.3, 0.4) is 0 Å². The van der Waals surface area contributed by atoms with Crippen molar-refractivity contribution in [2.75, 3.05) is 13.2 Å². The van der Waals surface area contributed by atoms with Gasteiger partial charge in [0.15, 0.2) is 13.2 Å². The van der Waals surface area contributed by atoms with Crippen LogP contribution in [0.25, 0.3) is 0 Å². The maximum Gasteiger partial charge on any atom is 0.344 e. The fraction of sp³-hybridized carbons (Fsp3) is 0.579. The minimum Gasteiger partial charge on any atom is -0.482 e. The number of benzene rings is 1. The van der Waals surface area contributed by atoms with Crippen LogP contribution in [0.1, 0.15) is 47.1 Å². The summed E-state index contributed by atoms with van der Waals surface area (Å²) in [5, 5.41) is 2.77. The monoisotopic (exact) mass is 335 g/mol. The molecule has 0 aliphatic heterocycles. The van der Waals surface area contributed by atoms with E-state index in [2.05, 4.69) is 26.1 Å². The van der Waals surface area contributed by atoms with Crippen LogP contribution < -0.4 is 10.1 Å². The number of nitrogens with one attached hydrogen (secondary N) is 1. The van der Waals surface area contributed by atoms with Crippen molar-refractivity contribution in [3.8, 4) is 5.75 Å². The zero-order valence-electron chi connectivity index (χ0n) is 15.5. The van der Waals surface area contributed by atoms with Gasteiger partial charge in [-0.2, -0.15) is 0 Å². The van der Waals surface area contributed by atoms with Crippen LogP contribution in [0.4, 0.5) is 0 Å². The van der Waals surface area contributed by atoms with E-state index in [1.807, 2.05) is 45.0 Å². The second-order valence-electron chi connectivity index (χ2n) is 7.32. The predicted molar refractivity (Wildman–Crippen MR) is 94.0 cm³/mol. The molecule has 0 bridgehead atoms. The van der Waals surface area contributed by atoms with Crippen molar-refractivity contribution in [1.82, 2.24) is 5.32 Å². The van der Waals surface area contributed by atoms with Gasteiger partial charge in [0.2, 0.25) is 0 Å². The van der Waals surface area contributed by atoms with Gasteiger partial charge in [-0.3, -0.25) is 4.79 Å². The van der Waals surface area contributed by atoms with Gasteiger partial charge in [0, 0.05) is 6.04 Å². The summed E-state index contributed by atoms with van der Waals surface area (Å²) >= 11 is 0. The summed E-state index contributed by atoms with van der Waals surface area (Å²) in [6, 6.07) is 7.63. The van der Waals surface area contributed by atoms with E-state index in [-0.39, 0.29) is 30.6 Å². The van der Waals surface area contributed by atoms with Crippen molar-refractivity contribution in [3.63, 3.8) is 0 Å². The molecule has 1 unspecified atom stereocenters. The quantitative estimate of drug-likeness (QED) is 0.778. The van der Waals surface area contributed by atoms with E-state index >= 15 is 0 Å². The third-order valence-electron chi connectivity index (χ3n) is 3.83. The number of rotatable bonds is 7. The topological polar surface area (TPSA) is 64.6 Å². The number of ether oxygens (including phenoxy) is 2. The van der Waals surface area contributed by atoms with E-state index in [4.69, 9.17) is 9.47 Å². The first-order valence-corrected chi connectivity index (χ1v) is 8.28. The molecule has 1 aromatic rings. The van der Waals surface area contributed by atoms with Crippen molar-refractivity contribution in [2.24, 2.45) is 5.92 Å². The van der Waals surface area contributed by atoms with Gasteiger partial charge >= 0.3 is 5.97 Å². The second kappa shape index (κ2) is 8.71. The molecule has 24 heavy (non-hydrogen) atoms. The molecular weight excluding hydrogens is 306 g/mol. The first kappa shape index (κ1) is 20.0. The van der Waals surface area contributed by atoms with Crippen molar-refractivity contribution >= 4 is 11.9 Å². The number of esters is 1. The molecule has 5 heteroatoms. The first-order chi connectivity index (χ1) is 11.1. The van der Waals surface area contributed by atoms with Crippen LogP contribution in [0.2, 0.25) is 0 Å². The minimum absolute atomic E-state index is 0.0359. The van der Waals surface area contributed by atoms with Crippen molar-refractivity contribution in [2.45, 2.75) is 53.0 Å². The maximum atomic E-state index is 11.6. The second-order valence-corrected chi connectivity index (χ2v) is 7.32. The van der Waals surface area contributed by atoms with Gasteiger partial charge in [-0.1, -0.05) is 46.8 Å². The molecule has 0 spiro atoms. The molecule has 5 nitrogen and oxygen atoms in total. The Morgan fingerprint density at radius 3 is 2.12 bits per heavy atom. The average Bonchev–Trinajstić information content (AvgIpc) is 2.50. The van der Waals surface area contributed by atoms with E-state index in [0.29, 0.717) is 11.7 Å². The summed E-state index contributed by atoms with van der Waals surface area (Å²) < 4.78 is 10.3. The molecule has 1 rings (SSSR count). The highest BCUT2D eigenvalue weighted by molar-refractivity contribution is 5.81. The summed E-state index contributed by atoms with van der Waals surface area (Å²) in [5.74, 6) is 0.0446. The highest BCUT2D eigenvalue weighted by atomic mass is 16.6. The third-order valence-corrected chi connectivity index (χ3v) is 3.83. The first-order valence-electron chi connectivity index (χ1n) is 8.28. The summed E-state index contributed by atoms with van der Waals surface area (Å²) in [4.78, 5) is 23.3. The van der Waals surface area contributed by atoms with Crippen LogP contribution in [0.5, 0.6) is 5.75 Å². The van der Waals surface area contributed by atoms with E-state index in [1.54, 1.807) is 0 Å². The fourth-order valence-electron chi connectivity index (χ4n) is 1.84. The summed E-state index contributed by atoms with van der Waals surface area (Å²) in [5.41, 5.74) is 1.26. The number of carbonyl (C=O) groups excluding carboxylic acids is 2. The number of carbonyl (C=O) groups is 2. The SMILES string of the molecule is CC(C)C(C)NC(=O)COC(=O)COc1ccc(C(C)(C)C)cc1. The molecule has 0 saturated heterocycles. The minimum atomic E-state index is -0.567. The Kier molecular flexibility index (Phi) is 7.26. The van der Waals surface area contributed by atoms with Crippen molar-refractivity contribution in [1.29, 1.82) is 0 Å². The Bertz CT molecular complexity index is 543. The zero-order valence-corrected chi connectivity index (χ0v) is 15.5. The van der Waals surface area contributed by atoms with Crippen molar-refractivity contribution in [3.05, 3.63) is 29.8 Å². The molecule has 0 aliphatic carbocycles. The van der Waals surface area contributed by atoms with Crippen LogP contribution in [0.15, 0.2) is 24.3 Å². The molecule has 0 radical (unpaired) electrons. The van der Waals surface area contributed by atoms with E-state index < -0.39 is 5.97 Å². The van der Waals surface area contributed by atoms with Gasteiger partial charge < -0.3 is 14.8 Å². The Hall–Kier alpha value is -2.04. The van der Waals surface area contributed by atoms with Gasteiger partial charge in [0.1, 0.15) is 5.75 Å². The van der Waals surface area contributed by atoms with Crippen LogP contribution in [0, 0.1) is 5.92 Å². The van der Waals surface area contributed by atoms with Crippen LogP contribution in [-0.4, -0.2) is 31.1 Å². The number of hydrogen-bond acceptors (Lipinski definition) is 4. The average molecular weight is 335 g/mol. The summed E-state index contributed by atoms with van der Waals surface area (Å²) in [6.45, 7) is 11.8. The molecule has 134 valence electrons. The van der Waals surface area contributed by atoms with Crippen LogP contribution >= 0.6 is 0 Å². The lowest BCUT2D eigenvalue weighted by Gasteiger charge is -2.19. The molecule has 0 saturated carbocycles. The molecule has 1 aromatic carbocycles. The van der Waals surface area contributed by atoms with Gasteiger partial charge in [-0.25, -0.2) is 4.79 Å². The van der Waals surface area contributed by atoms with Crippen LogP contribution in [-0.2, 0) is 19.7 Å². The van der Waals surface area contributed by atoms with Gasteiger partial charge in [0.05, 0.1) is 0 Å². The molecule has 1 amide bonds. The van der Waals surface area contributed by atoms with Gasteiger partial charge in [0.25, 0.3) is 5.91 Å². The highest BCUT2D eigenvalue weighted by Gasteiger charge is 2.14. The lowest BCUT2D eigenvalue weighted by atomic mass is 9.87. The van der Waals surface area contributed by atoms with Gasteiger partial charge in [-0.15, -0.1) is 0 Å². The normalized spacial score (nSPS) is 12.6. The van der Waals surface area contributed by atoms with E-state index in [9.17, 15) is 9.59 Å². The lowest BCUT2D eigenvalue weighted by molar-refractivity contribution is -0.150. The lowest BCUT2D eigenvalue weighted by Crippen LogP contribution is -2.39. The number of amides is 1. The summed E-state index contributed by atoms with van der Waals surface area (Å²) in [6.07, 6.45) is 0.